The molecule has 1 aliphatic heterocycles. The normalized spacial score (nSPS) is 18.1. The summed E-state index contributed by atoms with van der Waals surface area (Å²) in [7, 11) is 1.57. The third-order valence-electron chi connectivity index (χ3n) is 5.41. The van der Waals surface area contributed by atoms with Gasteiger partial charge in [-0.25, -0.2) is 4.99 Å². The zero-order valence-electron chi connectivity index (χ0n) is 18.8. The molecule has 7 heteroatoms. The van der Waals surface area contributed by atoms with Gasteiger partial charge in [-0.3, -0.25) is 4.79 Å². The number of nitrogens with zero attached hydrogens (tertiary/aromatic N) is 2. The van der Waals surface area contributed by atoms with Gasteiger partial charge in [0.1, 0.15) is 11.7 Å². The number of para-hydroxylation sites is 2. The number of rotatable bonds is 9. The number of thiophene rings is 1. The number of benzene rings is 1. The molecule has 0 saturated carbocycles. The molecule has 0 spiro atoms. The van der Waals surface area contributed by atoms with Gasteiger partial charge in [-0.15, -0.1) is 23.1 Å². The third-order valence-corrected chi connectivity index (χ3v) is 7.50. The van der Waals surface area contributed by atoms with Crippen LogP contribution < -0.4 is 10.1 Å². The summed E-state index contributed by atoms with van der Waals surface area (Å²) in [5, 5.41) is 15.9. The molecule has 168 valence electrons. The summed E-state index contributed by atoms with van der Waals surface area (Å²) in [6, 6.07) is 13.7. The number of methoxy groups -OCH3 is 1. The molecule has 3 rings (SSSR count). The van der Waals surface area contributed by atoms with E-state index < -0.39 is 5.92 Å². The maximum atomic E-state index is 13.4. The lowest BCUT2D eigenvalue weighted by molar-refractivity contribution is -0.113. The summed E-state index contributed by atoms with van der Waals surface area (Å²) in [5.41, 5.74) is 1.80. The van der Waals surface area contributed by atoms with Crippen LogP contribution in [-0.4, -0.2) is 23.8 Å². The number of hydrogen-bond donors (Lipinski definition) is 1. The molecule has 1 N–H and O–H groups in total. The van der Waals surface area contributed by atoms with Crippen molar-refractivity contribution in [1.82, 2.24) is 0 Å². The number of anilines is 1. The molecule has 1 aromatic carbocycles. The van der Waals surface area contributed by atoms with Gasteiger partial charge in [-0.2, -0.15) is 5.26 Å². The van der Waals surface area contributed by atoms with Crippen LogP contribution >= 0.6 is 23.1 Å². The van der Waals surface area contributed by atoms with Gasteiger partial charge in [0.2, 0.25) is 0 Å². The van der Waals surface area contributed by atoms with Crippen molar-refractivity contribution in [2.75, 3.05) is 18.2 Å². The highest BCUT2D eigenvalue weighted by atomic mass is 32.2. The van der Waals surface area contributed by atoms with E-state index in [-0.39, 0.29) is 11.8 Å². The number of hydrogen-bond acceptors (Lipinski definition) is 6. The van der Waals surface area contributed by atoms with Crippen LogP contribution in [0.1, 0.15) is 50.3 Å². The highest BCUT2D eigenvalue weighted by Crippen LogP contribution is 2.43. The number of carbonyl (C=O) groups excluding carboxylic acids is 1. The van der Waals surface area contributed by atoms with Gasteiger partial charge in [-0.05, 0) is 42.7 Å². The topological polar surface area (TPSA) is 74.5 Å². The summed E-state index contributed by atoms with van der Waals surface area (Å²) >= 11 is 3.22. The van der Waals surface area contributed by atoms with Crippen LogP contribution in [0.25, 0.3) is 0 Å². The molecule has 2 heterocycles. The number of aliphatic imine (C=N–C) groups is 1. The molecule has 1 amide bonds. The largest absolute Gasteiger partial charge is 0.495 e. The van der Waals surface area contributed by atoms with Gasteiger partial charge < -0.3 is 10.1 Å². The summed E-state index contributed by atoms with van der Waals surface area (Å²) in [6.45, 7) is 4.06. The number of unbranched alkanes of at least 4 members (excludes halogenated alkanes) is 3. The van der Waals surface area contributed by atoms with Gasteiger partial charge in [0.15, 0.2) is 0 Å². The Morgan fingerprint density at radius 3 is 2.75 bits per heavy atom. The van der Waals surface area contributed by atoms with Crippen molar-refractivity contribution in [3.8, 4) is 11.8 Å². The second-order valence-corrected chi connectivity index (χ2v) is 9.71. The lowest BCUT2D eigenvalue weighted by Gasteiger charge is -2.29. The summed E-state index contributed by atoms with van der Waals surface area (Å²) in [4.78, 5) is 19.2. The van der Waals surface area contributed by atoms with Crippen molar-refractivity contribution in [3.05, 3.63) is 57.9 Å². The molecule has 2 aromatic rings. The number of ether oxygens (including phenoxy) is 1. The van der Waals surface area contributed by atoms with Crippen LogP contribution in [0.15, 0.2) is 58.0 Å². The average molecular weight is 468 g/mol. The molecule has 1 aliphatic rings. The zero-order chi connectivity index (χ0) is 22.9. The Bertz CT molecular complexity index is 1020. The van der Waals surface area contributed by atoms with E-state index in [4.69, 9.17) is 9.73 Å². The Morgan fingerprint density at radius 2 is 2.06 bits per heavy atom. The second-order valence-electron chi connectivity index (χ2n) is 7.61. The number of thioether (sulfide) groups is 1. The molecule has 0 fully saturated rings. The average Bonchev–Trinajstić information content (AvgIpc) is 3.33. The van der Waals surface area contributed by atoms with Crippen molar-refractivity contribution in [2.24, 2.45) is 10.9 Å². The van der Waals surface area contributed by atoms with E-state index in [2.05, 4.69) is 18.3 Å². The standard InChI is InChI=1S/C25H29N3O2S2/c1-4-5-6-9-14-32-25-18(16-26)23(21-13-10-15-31-21)22(17(2)27-25)24(29)28-19-11-7-8-12-20(19)30-3/h7-8,10-13,15,18,23H,4-6,9,14H2,1-3H3,(H,28,29)/t18?,23-/m0/s1. The predicted octanol–water partition coefficient (Wildman–Crippen LogP) is 6.62. The molecule has 32 heavy (non-hydrogen) atoms. The van der Waals surface area contributed by atoms with Gasteiger partial charge >= 0.3 is 0 Å². The summed E-state index contributed by atoms with van der Waals surface area (Å²) in [5.74, 6) is 0.453. The molecule has 5 nitrogen and oxygen atoms in total. The Morgan fingerprint density at radius 1 is 1.25 bits per heavy atom. The zero-order valence-corrected chi connectivity index (χ0v) is 20.4. The summed E-state index contributed by atoms with van der Waals surface area (Å²) in [6.07, 6.45) is 4.70. The predicted molar refractivity (Wildman–Crippen MR) is 135 cm³/mol. The molecule has 0 bridgehead atoms. The molecular weight excluding hydrogens is 438 g/mol. The number of nitrogens with one attached hydrogen (secondary N) is 1. The van der Waals surface area contributed by atoms with E-state index >= 15 is 0 Å². The van der Waals surface area contributed by atoms with Gasteiger partial charge in [-0.1, -0.05) is 44.4 Å². The van der Waals surface area contributed by atoms with E-state index in [1.165, 1.54) is 19.3 Å². The van der Waals surface area contributed by atoms with Crippen LogP contribution in [-0.2, 0) is 4.79 Å². The first kappa shape index (κ1) is 24.1. The molecule has 1 aromatic heterocycles. The van der Waals surface area contributed by atoms with Gasteiger partial charge in [0.05, 0.1) is 23.9 Å². The SMILES string of the molecule is CCCCCCSC1=NC(C)=C(C(=O)Nc2ccccc2OC)[C@H](c2cccs2)C1C#N. The maximum absolute atomic E-state index is 13.4. The van der Waals surface area contributed by atoms with Crippen molar-refractivity contribution >= 4 is 39.7 Å². The van der Waals surface area contributed by atoms with Crippen LogP contribution in [0, 0.1) is 17.2 Å². The van der Waals surface area contributed by atoms with Gasteiger partial charge in [0, 0.05) is 22.1 Å². The van der Waals surface area contributed by atoms with E-state index in [0.29, 0.717) is 22.7 Å². The summed E-state index contributed by atoms with van der Waals surface area (Å²) < 4.78 is 5.38. The fourth-order valence-corrected chi connectivity index (χ4v) is 5.80. The first-order valence-electron chi connectivity index (χ1n) is 10.9. The van der Waals surface area contributed by atoms with Crippen molar-refractivity contribution < 1.29 is 9.53 Å². The highest BCUT2D eigenvalue weighted by Gasteiger charge is 2.39. The lowest BCUT2D eigenvalue weighted by atomic mass is 9.82. The van der Waals surface area contributed by atoms with Crippen molar-refractivity contribution in [2.45, 2.75) is 45.4 Å². The fraction of sp³-hybridized carbons (Fsp3) is 0.400. The van der Waals surface area contributed by atoms with Crippen molar-refractivity contribution in [3.63, 3.8) is 0 Å². The van der Waals surface area contributed by atoms with E-state index in [0.717, 1.165) is 22.1 Å². The fourth-order valence-electron chi connectivity index (χ4n) is 3.80. The number of carbonyl (C=O) groups is 1. The Kier molecular flexibility index (Phi) is 8.95. The molecule has 2 atom stereocenters. The monoisotopic (exact) mass is 467 g/mol. The minimum absolute atomic E-state index is 0.249. The third kappa shape index (κ3) is 5.62. The Balaban J connectivity index is 1.92. The van der Waals surface area contributed by atoms with E-state index in [9.17, 15) is 10.1 Å². The Labute approximate surface area is 198 Å². The molecule has 0 aliphatic carbocycles. The smallest absolute Gasteiger partial charge is 0.254 e. The van der Waals surface area contributed by atoms with Crippen LogP contribution in [0.2, 0.25) is 0 Å². The minimum Gasteiger partial charge on any atom is -0.495 e. The molecule has 0 saturated heterocycles. The van der Waals surface area contributed by atoms with E-state index in [1.807, 2.05) is 36.6 Å². The number of allylic oxidation sites excluding steroid dienone is 1. The Hall–Kier alpha value is -2.56. The molecular formula is C25H29N3O2S2. The van der Waals surface area contributed by atoms with Crippen LogP contribution in [0.4, 0.5) is 5.69 Å². The second kappa shape index (κ2) is 11.9. The minimum atomic E-state index is -0.480. The first-order valence-corrected chi connectivity index (χ1v) is 12.8. The van der Waals surface area contributed by atoms with Crippen molar-refractivity contribution in [1.29, 1.82) is 5.26 Å². The van der Waals surface area contributed by atoms with E-state index in [1.54, 1.807) is 42.3 Å². The maximum Gasteiger partial charge on any atom is 0.254 e. The highest BCUT2D eigenvalue weighted by molar-refractivity contribution is 8.14. The quantitative estimate of drug-likeness (QED) is 0.421. The van der Waals surface area contributed by atoms with Gasteiger partial charge in [0.25, 0.3) is 5.91 Å². The number of nitriles is 1. The molecule has 0 radical (unpaired) electrons. The number of amides is 1. The van der Waals surface area contributed by atoms with Crippen LogP contribution in [0.3, 0.4) is 0 Å². The first-order chi connectivity index (χ1) is 15.6. The van der Waals surface area contributed by atoms with Crippen LogP contribution in [0.5, 0.6) is 5.75 Å². The lowest BCUT2D eigenvalue weighted by Crippen LogP contribution is -2.31. The molecule has 1 unspecified atom stereocenters.